The molecule has 9 heteroatoms. The van der Waals surface area contributed by atoms with Gasteiger partial charge in [-0.3, -0.25) is 9.38 Å². The van der Waals surface area contributed by atoms with E-state index in [1.807, 2.05) is 0 Å². The number of thiazole rings is 1. The third-order valence-electron chi connectivity index (χ3n) is 2.87. The summed E-state index contributed by atoms with van der Waals surface area (Å²) < 4.78 is 30.1. The van der Waals surface area contributed by atoms with Gasteiger partial charge in [0.1, 0.15) is 6.61 Å². The maximum atomic E-state index is 12.2. The fraction of sp³-hybridized carbons (Fsp3) is 0.154. The Bertz CT molecular complexity index is 930. The number of carbonyl (C=O) groups is 1. The van der Waals surface area contributed by atoms with Gasteiger partial charge in [0.05, 0.1) is 15.9 Å². The largest absolute Gasteiger partial charge is 0.455 e. The molecule has 0 aliphatic rings. The van der Waals surface area contributed by atoms with Crippen LogP contribution in [-0.4, -0.2) is 35.0 Å². The monoisotopic (exact) mass is 337 g/mol. The smallest absolute Gasteiger partial charge is 0.359 e. The van der Waals surface area contributed by atoms with Gasteiger partial charge in [0.25, 0.3) is 0 Å². The number of aromatic nitrogens is 3. The Kier molecular flexibility index (Phi) is 3.67. The molecule has 3 aromatic rings. The van der Waals surface area contributed by atoms with Crippen molar-refractivity contribution in [2.45, 2.75) is 11.8 Å². The van der Waals surface area contributed by atoms with Crippen LogP contribution in [0.25, 0.3) is 5.52 Å². The molecule has 0 saturated heterocycles. The Hall–Kier alpha value is -2.26. The zero-order valence-corrected chi connectivity index (χ0v) is 13.1. The van der Waals surface area contributed by atoms with Crippen molar-refractivity contribution in [3.05, 3.63) is 46.7 Å². The lowest BCUT2D eigenvalue weighted by atomic mass is 10.3. The minimum atomic E-state index is -3.56. The van der Waals surface area contributed by atoms with Gasteiger partial charge in [-0.1, -0.05) is 6.07 Å². The van der Waals surface area contributed by atoms with Crippen LogP contribution < -0.4 is 0 Å². The molecule has 3 rings (SSSR count). The number of hydrogen-bond donors (Lipinski definition) is 0. The van der Waals surface area contributed by atoms with Crippen LogP contribution in [0.5, 0.6) is 0 Å². The fourth-order valence-corrected chi connectivity index (χ4v) is 3.22. The van der Waals surface area contributed by atoms with Crippen LogP contribution in [0.3, 0.4) is 0 Å². The molecule has 0 bridgehead atoms. The van der Waals surface area contributed by atoms with E-state index < -0.39 is 15.8 Å². The summed E-state index contributed by atoms with van der Waals surface area (Å²) in [5.41, 5.74) is 2.00. The summed E-state index contributed by atoms with van der Waals surface area (Å²) in [6, 6.07) is 4.98. The third kappa shape index (κ3) is 2.72. The van der Waals surface area contributed by atoms with E-state index in [0.717, 1.165) is 11.1 Å². The molecule has 114 valence electrons. The molecular weight excluding hydrogens is 326 g/mol. The highest BCUT2D eigenvalue weighted by atomic mass is 32.2. The van der Waals surface area contributed by atoms with Crippen molar-refractivity contribution in [2.24, 2.45) is 0 Å². The first kappa shape index (κ1) is 14.7. The van der Waals surface area contributed by atoms with Gasteiger partial charge in [-0.25, -0.2) is 18.2 Å². The van der Waals surface area contributed by atoms with E-state index >= 15 is 0 Å². The summed E-state index contributed by atoms with van der Waals surface area (Å²) in [6.07, 6.45) is 4.19. The molecule has 0 fully saturated rings. The second kappa shape index (κ2) is 5.50. The molecule has 7 nitrogen and oxygen atoms in total. The Balaban J connectivity index is 1.98. The van der Waals surface area contributed by atoms with E-state index in [0.29, 0.717) is 5.52 Å². The predicted octanol–water partition coefficient (Wildman–Crippen LogP) is 1.55. The van der Waals surface area contributed by atoms with E-state index in [1.165, 1.54) is 15.7 Å². The van der Waals surface area contributed by atoms with Crippen molar-refractivity contribution >= 4 is 32.7 Å². The van der Waals surface area contributed by atoms with Gasteiger partial charge in [0.2, 0.25) is 15.0 Å². The summed E-state index contributed by atoms with van der Waals surface area (Å²) in [5.74, 6) is -0.674. The van der Waals surface area contributed by atoms with Crippen LogP contribution in [-0.2, 0) is 21.2 Å². The lowest BCUT2D eigenvalue weighted by Gasteiger charge is -2.00. The topological polar surface area (TPSA) is 90.6 Å². The molecule has 0 aliphatic heterocycles. The first-order valence-electron chi connectivity index (χ1n) is 6.18. The summed E-state index contributed by atoms with van der Waals surface area (Å²) in [5, 5.41) is -0.187. The Labute approximate surface area is 130 Å². The van der Waals surface area contributed by atoms with E-state index in [9.17, 15) is 13.2 Å². The molecule has 0 aliphatic carbocycles. The van der Waals surface area contributed by atoms with Crippen molar-refractivity contribution in [1.82, 2.24) is 14.4 Å². The highest BCUT2D eigenvalue weighted by Crippen LogP contribution is 2.18. The first-order valence-corrected chi connectivity index (χ1v) is 8.95. The molecule has 0 N–H and O–H groups in total. The summed E-state index contributed by atoms with van der Waals surface area (Å²) in [6.45, 7) is 0.0730. The van der Waals surface area contributed by atoms with Gasteiger partial charge in [-0.15, -0.1) is 11.3 Å². The predicted molar refractivity (Wildman–Crippen MR) is 79.5 cm³/mol. The number of esters is 1. The number of fused-ring (bicyclic) bond motifs is 1. The normalized spacial score (nSPS) is 11.7. The van der Waals surface area contributed by atoms with Crippen LogP contribution in [0, 0.1) is 0 Å². The Morgan fingerprint density at radius 1 is 1.41 bits per heavy atom. The lowest BCUT2D eigenvalue weighted by Crippen LogP contribution is -2.06. The molecule has 0 aromatic carbocycles. The highest BCUT2D eigenvalue weighted by Gasteiger charge is 2.23. The van der Waals surface area contributed by atoms with E-state index in [1.54, 1.807) is 36.1 Å². The molecular formula is C13H11N3O4S2. The molecule has 3 heterocycles. The second-order valence-corrected chi connectivity index (χ2v) is 7.40. The number of hydrogen-bond acceptors (Lipinski definition) is 7. The number of imidazole rings is 1. The van der Waals surface area contributed by atoms with E-state index in [4.69, 9.17) is 4.74 Å². The number of ether oxygens (including phenoxy) is 1. The van der Waals surface area contributed by atoms with Crippen molar-refractivity contribution in [3.63, 3.8) is 0 Å². The minimum absolute atomic E-state index is 0.0226. The minimum Gasteiger partial charge on any atom is -0.455 e. The molecule has 0 amide bonds. The van der Waals surface area contributed by atoms with Crippen LogP contribution in [0.1, 0.15) is 15.4 Å². The number of nitrogens with zero attached hydrogens (tertiary/aromatic N) is 3. The molecule has 0 saturated carbocycles. The van der Waals surface area contributed by atoms with Crippen molar-refractivity contribution in [2.75, 3.05) is 6.26 Å². The van der Waals surface area contributed by atoms with Gasteiger partial charge < -0.3 is 4.74 Å². The standard InChI is InChI=1S/C13H11N3O4S2/c1-22(18,19)13-15-11(10-4-2-3-5-16(10)13)12(17)20-7-9-6-14-8-21-9/h2-6,8H,7H2,1H3. The quantitative estimate of drug-likeness (QED) is 0.671. The molecule has 0 spiro atoms. The number of carbonyl (C=O) groups excluding carboxylic acids is 1. The van der Waals surface area contributed by atoms with Gasteiger partial charge in [-0.05, 0) is 12.1 Å². The average molecular weight is 337 g/mol. The van der Waals surface area contributed by atoms with Crippen LogP contribution in [0.15, 0.2) is 41.3 Å². The fourth-order valence-electron chi connectivity index (χ4n) is 1.94. The number of rotatable bonds is 4. The summed E-state index contributed by atoms with van der Waals surface area (Å²) >= 11 is 1.36. The lowest BCUT2D eigenvalue weighted by molar-refractivity contribution is 0.0472. The van der Waals surface area contributed by atoms with Gasteiger partial charge >= 0.3 is 5.97 Å². The Morgan fingerprint density at radius 2 is 2.23 bits per heavy atom. The number of pyridine rings is 1. The maximum absolute atomic E-state index is 12.2. The molecule has 0 unspecified atom stereocenters. The van der Waals surface area contributed by atoms with Gasteiger partial charge in [0, 0.05) is 18.6 Å². The number of sulfone groups is 1. The first-order chi connectivity index (χ1) is 10.5. The maximum Gasteiger partial charge on any atom is 0.359 e. The summed E-state index contributed by atoms with van der Waals surface area (Å²) in [7, 11) is -3.56. The van der Waals surface area contributed by atoms with Gasteiger partial charge in [0.15, 0.2) is 5.69 Å². The zero-order valence-electron chi connectivity index (χ0n) is 11.5. The van der Waals surface area contributed by atoms with Crippen LogP contribution in [0.2, 0.25) is 0 Å². The van der Waals surface area contributed by atoms with E-state index in [-0.39, 0.29) is 17.5 Å². The molecule has 3 aromatic heterocycles. The third-order valence-corrected chi connectivity index (χ3v) is 4.57. The van der Waals surface area contributed by atoms with Crippen LogP contribution >= 0.6 is 11.3 Å². The second-order valence-electron chi connectivity index (χ2n) is 4.51. The highest BCUT2D eigenvalue weighted by molar-refractivity contribution is 7.90. The van der Waals surface area contributed by atoms with Gasteiger partial charge in [-0.2, -0.15) is 0 Å². The Morgan fingerprint density at radius 3 is 2.91 bits per heavy atom. The van der Waals surface area contributed by atoms with Crippen LogP contribution in [0.4, 0.5) is 0 Å². The average Bonchev–Trinajstić information content (AvgIpc) is 3.11. The van der Waals surface area contributed by atoms with E-state index in [2.05, 4.69) is 9.97 Å². The molecule has 22 heavy (non-hydrogen) atoms. The molecule has 0 atom stereocenters. The van der Waals surface area contributed by atoms with Crippen molar-refractivity contribution < 1.29 is 17.9 Å². The zero-order chi connectivity index (χ0) is 15.7. The van der Waals surface area contributed by atoms with Crippen molar-refractivity contribution in [1.29, 1.82) is 0 Å². The summed E-state index contributed by atoms with van der Waals surface area (Å²) in [4.78, 5) is 20.8. The van der Waals surface area contributed by atoms with Crippen molar-refractivity contribution in [3.8, 4) is 0 Å². The SMILES string of the molecule is CS(=O)(=O)c1nc(C(=O)OCc2cncs2)c2ccccn12. The molecule has 0 radical (unpaired) electrons.